The van der Waals surface area contributed by atoms with Crippen LogP contribution in [0.5, 0.6) is 0 Å². The third-order valence-corrected chi connectivity index (χ3v) is 3.20. The highest BCUT2D eigenvalue weighted by Gasteiger charge is 2.09. The Bertz CT molecular complexity index is 833. The zero-order valence-electron chi connectivity index (χ0n) is 13.4. The van der Waals surface area contributed by atoms with Crippen molar-refractivity contribution in [3.63, 3.8) is 0 Å². The van der Waals surface area contributed by atoms with E-state index in [1.54, 1.807) is 42.6 Å². The molecule has 0 radical (unpaired) electrons. The van der Waals surface area contributed by atoms with Gasteiger partial charge in [0.2, 0.25) is 0 Å². The summed E-state index contributed by atoms with van der Waals surface area (Å²) in [6.45, 7) is 4.00. The summed E-state index contributed by atoms with van der Waals surface area (Å²) in [5, 5.41) is 8.90. The fraction of sp³-hybridized carbons (Fsp3) is 0.105. The molecular formula is C19H17FN2O2. The number of benzene rings is 2. The van der Waals surface area contributed by atoms with Gasteiger partial charge in [0.1, 0.15) is 5.82 Å². The van der Waals surface area contributed by atoms with Gasteiger partial charge < -0.3 is 5.11 Å². The van der Waals surface area contributed by atoms with Crippen LogP contribution in [0.15, 0.2) is 60.8 Å². The van der Waals surface area contributed by atoms with E-state index in [-0.39, 0.29) is 11.4 Å². The summed E-state index contributed by atoms with van der Waals surface area (Å²) in [6.07, 6.45) is 1.55. The van der Waals surface area contributed by atoms with Crippen LogP contribution >= 0.6 is 0 Å². The molecule has 4 nitrogen and oxygen atoms in total. The van der Waals surface area contributed by atoms with Gasteiger partial charge in [0.15, 0.2) is 5.82 Å². The van der Waals surface area contributed by atoms with Crippen LogP contribution in [-0.2, 0) is 0 Å². The Morgan fingerprint density at radius 3 is 2.29 bits per heavy atom. The van der Waals surface area contributed by atoms with E-state index < -0.39 is 5.97 Å². The molecule has 0 aliphatic carbocycles. The fourth-order valence-electron chi connectivity index (χ4n) is 2.08. The quantitative estimate of drug-likeness (QED) is 0.760. The molecule has 3 rings (SSSR count). The molecule has 0 saturated heterocycles. The molecule has 0 bridgehead atoms. The molecule has 0 amide bonds. The van der Waals surface area contributed by atoms with Crippen molar-refractivity contribution in [2.24, 2.45) is 0 Å². The topological polar surface area (TPSA) is 63.1 Å². The summed E-state index contributed by atoms with van der Waals surface area (Å²) < 4.78 is 13.8. The van der Waals surface area contributed by atoms with Crippen molar-refractivity contribution in [1.82, 2.24) is 9.97 Å². The summed E-state index contributed by atoms with van der Waals surface area (Å²) >= 11 is 0. The smallest absolute Gasteiger partial charge is 0.335 e. The standard InChI is InChI=1S/C17H11FN2O2.C2H6/c18-14-4-2-1-3-13(14)15-9-10-19-16(20-15)11-5-7-12(8-6-11)17(21)22;1-2/h1-10H,(H,21,22);1-2H3. The number of carboxylic acid groups (broad SMARTS) is 1. The minimum atomic E-state index is -0.993. The van der Waals surface area contributed by atoms with Crippen molar-refractivity contribution in [3.8, 4) is 22.6 Å². The summed E-state index contributed by atoms with van der Waals surface area (Å²) in [5.74, 6) is -0.932. The minimum Gasteiger partial charge on any atom is -0.478 e. The lowest BCUT2D eigenvalue weighted by atomic mass is 10.1. The zero-order chi connectivity index (χ0) is 17.5. The highest BCUT2D eigenvalue weighted by molar-refractivity contribution is 5.88. The average molecular weight is 324 g/mol. The van der Waals surface area contributed by atoms with Crippen LogP contribution in [0.4, 0.5) is 4.39 Å². The van der Waals surface area contributed by atoms with Crippen molar-refractivity contribution in [2.45, 2.75) is 13.8 Å². The van der Waals surface area contributed by atoms with E-state index in [0.29, 0.717) is 22.6 Å². The molecule has 1 N–H and O–H groups in total. The summed E-state index contributed by atoms with van der Waals surface area (Å²) in [4.78, 5) is 19.4. The Hall–Kier alpha value is -3.08. The molecule has 24 heavy (non-hydrogen) atoms. The van der Waals surface area contributed by atoms with E-state index in [1.807, 2.05) is 13.8 Å². The first-order valence-corrected chi connectivity index (χ1v) is 7.57. The second kappa shape index (κ2) is 7.97. The lowest BCUT2D eigenvalue weighted by molar-refractivity contribution is 0.0697. The number of aromatic nitrogens is 2. The molecule has 0 atom stereocenters. The largest absolute Gasteiger partial charge is 0.478 e. The number of halogens is 1. The number of aromatic carboxylic acids is 1. The normalized spacial score (nSPS) is 9.79. The van der Waals surface area contributed by atoms with Gasteiger partial charge in [-0.2, -0.15) is 0 Å². The van der Waals surface area contributed by atoms with E-state index in [4.69, 9.17) is 5.11 Å². The molecule has 0 spiro atoms. The van der Waals surface area contributed by atoms with Gasteiger partial charge in [-0.15, -0.1) is 0 Å². The maximum Gasteiger partial charge on any atom is 0.335 e. The van der Waals surface area contributed by atoms with Gasteiger partial charge in [-0.1, -0.05) is 38.1 Å². The van der Waals surface area contributed by atoms with E-state index in [0.717, 1.165) is 0 Å². The first kappa shape index (κ1) is 17.3. The van der Waals surface area contributed by atoms with Crippen LogP contribution in [0.1, 0.15) is 24.2 Å². The van der Waals surface area contributed by atoms with Gasteiger partial charge in [-0.05, 0) is 30.3 Å². The molecule has 0 aliphatic heterocycles. The van der Waals surface area contributed by atoms with Crippen LogP contribution in [-0.4, -0.2) is 21.0 Å². The van der Waals surface area contributed by atoms with Gasteiger partial charge in [0, 0.05) is 17.3 Å². The number of hydrogen-bond acceptors (Lipinski definition) is 3. The van der Waals surface area contributed by atoms with Crippen molar-refractivity contribution in [1.29, 1.82) is 0 Å². The van der Waals surface area contributed by atoms with Crippen LogP contribution in [0.25, 0.3) is 22.6 Å². The van der Waals surface area contributed by atoms with Crippen LogP contribution in [0, 0.1) is 5.82 Å². The molecule has 122 valence electrons. The maximum atomic E-state index is 13.8. The van der Waals surface area contributed by atoms with Crippen LogP contribution in [0.3, 0.4) is 0 Å². The molecule has 0 aliphatic rings. The number of nitrogens with zero attached hydrogens (tertiary/aromatic N) is 2. The molecule has 0 unspecified atom stereocenters. The van der Waals surface area contributed by atoms with E-state index in [9.17, 15) is 9.18 Å². The Balaban J connectivity index is 0.00000100. The molecule has 5 heteroatoms. The van der Waals surface area contributed by atoms with Crippen molar-refractivity contribution in [3.05, 3.63) is 72.2 Å². The number of rotatable bonds is 3. The summed E-state index contributed by atoms with van der Waals surface area (Å²) in [5.41, 5.74) is 1.73. The van der Waals surface area contributed by atoms with Gasteiger partial charge in [-0.25, -0.2) is 19.2 Å². The molecular weight excluding hydrogens is 307 g/mol. The van der Waals surface area contributed by atoms with Gasteiger partial charge in [-0.3, -0.25) is 0 Å². The van der Waals surface area contributed by atoms with E-state index in [1.165, 1.54) is 18.2 Å². The number of carbonyl (C=O) groups is 1. The molecule has 1 heterocycles. The lowest BCUT2D eigenvalue weighted by Crippen LogP contribution is -1.97. The monoisotopic (exact) mass is 324 g/mol. The number of carboxylic acids is 1. The average Bonchev–Trinajstić information content (AvgIpc) is 2.64. The first-order valence-electron chi connectivity index (χ1n) is 7.57. The van der Waals surface area contributed by atoms with Gasteiger partial charge in [0.05, 0.1) is 11.3 Å². The molecule has 3 aromatic rings. The van der Waals surface area contributed by atoms with Crippen molar-refractivity contribution in [2.75, 3.05) is 0 Å². The Labute approximate surface area is 139 Å². The Morgan fingerprint density at radius 2 is 1.67 bits per heavy atom. The van der Waals surface area contributed by atoms with Crippen LogP contribution < -0.4 is 0 Å². The van der Waals surface area contributed by atoms with Crippen molar-refractivity contribution >= 4 is 5.97 Å². The predicted molar refractivity (Wildman–Crippen MR) is 91.2 cm³/mol. The SMILES string of the molecule is CC.O=C(O)c1ccc(-c2nccc(-c3ccccc3F)n2)cc1. The molecule has 2 aromatic carbocycles. The molecule has 1 aromatic heterocycles. The van der Waals surface area contributed by atoms with Crippen molar-refractivity contribution < 1.29 is 14.3 Å². The third-order valence-electron chi connectivity index (χ3n) is 3.20. The lowest BCUT2D eigenvalue weighted by Gasteiger charge is -2.05. The number of hydrogen-bond donors (Lipinski definition) is 1. The Morgan fingerprint density at radius 1 is 1.00 bits per heavy atom. The first-order chi connectivity index (χ1) is 11.6. The molecule has 0 fully saturated rings. The third kappa shape index (κ3) is 3.81. The highest BCUT2D eigenvalue weighted by Crippen LogP contribution is 2.23. The maximum absolute atomic E-state index is 13.8. The summed E-state index contributed by atoms with van der Waals surface area (Å²) in [6, 6.07) is 14.2. The zero-order valence-corrected chi connectivity index (χ0v) is 13.4. The minimum absolute atomic E-state index is 0.189. The highest BCUT2D eigenvalue weighted by atomic mass is 19.1. The summed E-state index contributed by atoms with van der Waals surface area (Å²) in [7, 11) is 0. The second-order valence-corrected chi connectivity index (χ2v) is 4.63. The predicted octanol–water partition coefficient (Wildman–Crippen LogP) is 4.67. The Kier molecular flexibility index (Phi) is 5.73. The van der Waals surface area contributed by atoms with E-state index >= 15 is 0 Å². The van der Waals surface area contributed by atoms with E-state index in [2.05, 4.69) is 9.97 Å². The fourth-order valence-corrected chi connectivity index (χ4v) is 2.08. The van der Waals surface area contributed by atoms with Gasteiger partial charge in [0.25, 0.3) is 0 Å². The molecule has 0 saturated carbocycles. The van der Waals surface area contributed by atoms with Gasteiger partial charge >= 0.3 is 5.97 Å². The second-order valence-electron chi connectivity index (χ2n) is 4.63. The van der Waals surface area contributed by atoms with Crippen LogP contribution in [0.2, 0.25) is 0 Å².